The van der Waals surface area contributed by atoms with Gasteiger partial charge in [0.25, 0.3) is 0 Å². The van der Waals surface area contributed by atoms with Crippen LogP contribution in [0, 0.1) is 0 Å². The first-order valence-electron chi connectivity index (χ1n) is 12.6. The molecule has 2 atom stereocenters. The van der Waals surface area contributed by atoms with Gasteiger partial charge >= 0.3 is 0 Å². The van der Waals surface area contributed by atoms with Gasteiger partial charge in [0, 0.05) is 5.75 Å². The lowest BCUT2D eigenvalue weighted by atomic mass is 10.0. The normalized spacial score (nSPS) is 19.2. The molecule has 2 nitrogen and oxygen atoms in total. The van der Waals surface area contributed by atoms with Gasteiger partial charge in [-0.25, -0.2) is 9.13 Å². The van der Waals surface area contributed by atoms with Crippen LogP contribution in [0.25, 0.3) is 0 Å². The molecule has 1 aromatic heterocycles. The van der Waals surface area contributed by atoms with Crippen molar-refractivity contribution in [3.05, 3.63) is 18.7 Å². The number of aromatic nitrogens is 2. The first-order chi connectivity index (χ1) is 14.3. The molecular formula is C25H47N2S2+. The summed E-state index contributed by atoms with van der Waals surface area (Å²) in [6.07, 6.45) is 29.9. The molecule has 1 saturated heterocycles. The molecule has 2 rings (SSSR count). The number of thioether (sulfide) groups is 2. The molecule has 1 fully saturated rings. The molecule has 0 amide bonds. The quantitative estimate of drug-likeness (QED) is 0.171. The van der Waals surface area contributed by atoms with Crippen LogP contribution < -0.4 is 4.57 Å². The van der Waals surface area contributed by atoms with E-state index in [0.29, 0.717) is 0 Å². The van der Waals surface area contributed by atoms with Crippen LogP contribution >= 0.6 is 23.5 Å². The van der Waals surface area contributed by atoms with E-state index in [4.69, 9.17) is 0 Å². The van der Waals surface area contributed by atoms with Crippen molar-refractivity contribution < 1.29 is 4.57 Å². The fraction of sp³-hybridized carbons (Fsp3) is 0.880. The summed E-state index contributed by atoms with van der Waals surface area (Å²) in [5, 5.41) is 0.800. The Kier molecular flexibility index (Phi) is 14.4. The topological polar surface area (TPSA) is 8.81 Å². The van der Waals surface area contributed by atoms with Gasteiger partial charge in [0.15, 0.2) is 0 Å². The minimum atomic E-state index is 0.800. The fourth-order valence-corrected chi connectivity index (χ4v) is 7.71. The third-order valence-corrected chi connectivity index (χ3v) is 9.49. The van der Waals surface area contributed by atoms with Crippen LogP contribution in [0.1, 0.15) is 110 Å². The minimum Gasteiger partial charge on any atom is -0.240 e. The van der Waals surface area contributed by atoms with E-state index in [-0.39, 0.29) is 0 Å². The lowest BCUT2D eigenvalue weighted by Gasteiger charge is -2.09. The number of hydrogen-bond donors (Lipinski definition) is 0. The third kappa shape index (κ3) is 12.4. The molecule has 0 aromatic carbocycles. The average molecular weight is 440 g/mol. The van der Waals surface area contributed by atoms with Crippen LogP contribution in [0.15, 0.2) is 18.7 Å². The predicted molar refractivity (Wildman–Crippen MR) is 133 cm³/mol. The summed E-state index contributed by atoms with van der Waals surface area (Å²) in [4.78, 5) is 0. The Morgan fingerprint density at radius 1 is 0.828 bits per heavy atom. The van der Waals surface area contributed by atoms with Crippen molar-refractivity contribution in [3.8, 4) is 0 Å². The highest BCUT2D eigenvalue weighted by atomic mass is 32.2. The van der Waals surface area contributed by atoms with E-state index < -0.39 is 0 Å². The Hall–Kier alpha value is -0.0900. The maximum absolute atomic E-state index is 2.34. The molecule has 1 aliphatic heterocycles. The molecule has 29 heavy (non-hydrogen) atoms. The zero-order valence-corrected chi connectivity index (χ0v) is 21.0. The summed E-state index contributed by atoms with van der Waals surface area (Å²) in [6.45, 7) is 3.48. The van der Waals surface area contributed by atoms with Gasteiger partial charge in [-0.3, -0.25) is 0 Å². The number of hydrogen-bond acceptors (Lipinski definition) is 2. The molecule has 2 heterocycles. The highest BCUT2D eigenvalue weighted by Crippen LogP contribution is 2.41. The molecule has 0 aliphatic carbocycles. The smallest absolute Gasteiger partial charge is 0.240 e. The van der Waals surface area contributed by atoms with Crippen molar-refractivity contribution in [2.75, 3.05) is 5.75 Å². The van der Waals surface area contributed by atoms with Crippen molar-refractivity contribution in [2.45, 2.75) is 126 Å². The number of imidazole rings is 1. The first kappa shape index (κ1) is 25.2. The standard InChI is InChI=1S/C25H47N2S2/c1-3-4-5-6-7-8-9-10-11-12-13-14-15-16-17-18-25-28-22-24(29-25)21-27-20-19-26(2)23-27/h19-20,23-25H,3-18,21-22H2,1-2H3/q+1. The summed E-state index contributed by atoms with van der Waals surface area (Å²) in [6, 6.07) is 0. The van der Waals surface area contributed by atoms with Gasteiger partial charge in [-0.15, -0.1) is 23.5 Å². The highest BCUT2D eigenvalue weighted by molar-refractivity contribution is 8.20. The van der Waals surface area contributed by atoms with E-state index in [9.17, 15) is 0 Å². The second kappa shape index (κ2) is 16.6. The Labute approximate surface area is 190 Å². The lowest BCUT2D eigenvalue weighted by Crippen LogP contribution is -2.24. The largest absolute Gasteiger partial charge is 0.243 e. The Balaban J connectivity index is 1.31. The van der Waals surface area contributed by atoms with Crippen LogP contribution in [0.4, 0.5) is 0 Å². The van der Waals surface area contributed by atoms with Crippen LogP contribution in [0.3, 0.4) is 0 Å². The molecule has 0 spiro atoms. The van der Waals surface area contributed by atoms with Crippen LogP contribution in [0.2, 0.25) is 0 Å². The lowest BCUT2D eigenvalue weighted by molar-refractivity contribution is -0.671. The molecule has 0 radical (unpaired) electrons. The second-order valence-electron chi connectivity index (χ2n) is 9.04. The number of nitrogens with zero attached hydrogens (tertiary/aromatic N) is 2. The van der Waals surface area contributed by atoms with Crippen LogP contribution in [-0.4, -0.2) is 20.2 Å². The van der Waals surface area contributed by atoms with Crippen LogP contribution in [-0.2, 0) is 13.6 Å². The van der Waals surface area contributed by atoms with E-state index in [2.05, 4.69) is 65.4 Å². The Morgan fingerprint density at radius 3 is 1.90 bits per heavy atom. The van der Waals surface area contributed by atoms with Crippen molar-refractivity contribution >= 4 is 23.5 Å². The van der Waals surface area contributed by atoms with Gasteiger partial charge in [0.1, 0.15) is 18.9 Å². The van der Waals surface area contributed by atoms with E-state index in [0.717, 1.165) is 9.83 Å². The molecule has 1 aliphatic rings. The molecule has 2 unspecified atom stereocenters. The molecule has 168 valence electrons. The molecule has 0 saturated carbocycles. The van der Waals surface area contributed by atoms with E-state index >= 15 is 0 Å². The third-order valence-electron chi connectivity index (χ3n) is 6.09. The van der Waals surface area contributed by atoms with E-state index in [1.807, 2.05) is 0 Å². The van der Waals surface area contributed by atoms with Gasteiger partial charge in [-0.1, -0.05) is 103 Å². The summed E-state index contributed by atoms with van der Waals surface area (Å²) >= 11 is 4.44. The monoisotopic (exact) mass is 439 g/mol. The minimum absolute atomic E-state index is 0.800. The van der Waals surface area contributed by atoms with Gasteiger partial charge < -0.3 is 0 Å². The number of rotatable bonds is 18. The van der Waals surface area contributed by atoms with Crippen molar-refractivity contribution in [1.29, 1.82) is 0 Å². The Morgan fingerprint density at radius 2 is 1.38 bits per heavy atom. The second-order valence-corrected chi connectivity index (χ2v) is 12.1. The molecular weight excluding hydrogens is 392 g/mol. The maximum Gasteiger partial charge on any atom is 0.243 e. The number of unbranched alkanes of at least 4 members (excludes halogenated alkanes) is 14. The molecule has 0 N–H and O–H groups in total. The van der Waals surface area contributed by atoms with E-state index in [1.165, 1.54) is 115 Å². The molecule has 1 aromatic rings. The zero-order chi connectivity index (χ0) is 20.6. The van der Waals surface area contributed by atoms with Crippen molar-refractivity contribution in [2.24, 2.45) is 7.05 Å². The average Bonchev–Trinajstić information content (AvgIpc) is 3.33. The molecule has 0 bridgehead atoms. The first-order valence-corrected chi connectivity index (χ1v) is 14.5. The summed E-state index contributed by atoms with van der Waals surface area (Å²) in [7, 11) is 2.10. The van der Waals surface area contributed by atoms with Crippen molar-refractivity contribution in [1.82, 2.24) is 4.57 Å². The van der Waals surface area contributed by atoms with Gasteiger partial charge in [0.05, 0.1) is 16.9 Å². The Bertz CT molecular complexity index is 503. The van der Waals surface area contributed by atoms with Gasteiger partial charge in [-0.2, -0.15) is 0 Å². The summed E-state index contributed by atoms with van der Waals surface area (Å²) < 4.78 is 5.33. The summed E-state index contributed by atoms with van der Waals surface area (Å²) in [5.74, 6) is 1.33. The SMILES string of the molecule is CCCCCCCCCCCCCCCCCC1SCC(Cn2cc[n+](C)c2)S1. The maximum atomic E-state index is 2.34. The van der Waals surface area contributed by atoms with Crippen molar-refractivity contribution in [3.63, 3.8) is 0 Å². The van der Waals surface area contributed by atoms with Gasteiger partial charge in [0.2, 0.25) is 6.33 Å². The van der Waals surface area contributed by atoms with E-state index in [1.54, 1.807) is 0 Å². The summed E-state index contributed by atoms with van der Waals surface area (Å²) in [5.41, 5.74) is 0. The zero-order valence-electron chi connectivity index (χ0n) is 19.3. The molecule has 4 heteroatoms. The number of aryl methyl sites for hydroxylation is 1. The predicted octanol–water partition coefficient (Wildman–Crippen LogP) is 7.75. The fourth-order valence-electron chi connectivity index (χ4n) is 4.28. The highest BCUT2D eigenvalue weighted by Gasteiger charge is 2.27. The van der Waals surface area contributed by atoms with Gasteiger partial charge in [-0.05, 0) is 6.42 Å². The van der Waals surface area contributed by atoms with Crippen LogP contribution in [0.5, 0.6) is 0 Å².